The zero-order valence-corrected chi connectivity index (χ0v) is 15.6. The predicted molar refractivity (Wildman–Crippen MR) is 99.9 cm³/mol. The molecule has 1 heterocycles. The van der Waals surface area contributed by atoms with Crippen LogP contribution in [0.25, 0.3) is 11.1 Å². The summed E-state index contributed by atoms with van der Waals surface area (Å²) in [6.45, 7) is 1.85. The minimum Gasteiger partial charge on any atom is -0.349 e. The number of rotatable bonds is 3. The number of carbonyl (C=O) groups excluding carboxylic acids is 1. The standard InChI is InChI=1S/C20H20ClF3N2O/c1-26-9-7-16(8-10-26)25-19(27)15-4-2-3-13(11-15)14-5-6-18(21)17(12-14)20(22,23)24/h2-6,11-12,16H,7-10H2,1H3,(H,25,27). The van der Waals surface area contributed by atoms with E-state index >= 15 is 0 Å². The molecule has 1 amide bonds. The molecule has 0 spiro atoms. The van der Waals surface area contributed by atoms with E-state index in [1.165, 1.54) is 12.1 Å². The normalized spacial score (nSPS) is 16.3. The summed E-state index contributed by atoms with van der Waals surface area (Å²) in [5.74, 6) is -0.212. The van der Waals surface area contributed by atoms with Crippen molar-refractivity contribution in [3.63, 3.8) is 0 Å². The molecular weight excluding hydrogens is 377 g/mol. The van der Waals surface area contributed by atoms with Gasteiger partial charge in [0.25, 0.3) is 5.91 Å². The lowest BCUT2D eigenvalue weighted by Crippen LogP contribution is -2.43. The number of amides is 1. The first-order valence-electron chi connectivity index (χ1n) is 8.70. The molecule has 0 saturated carbocycles. The van der Waals surface area contributed by atoms with Gasteiger partial charge in [-0.1, -0.05) is 29.8 Å². The predicted octanol–water partition coefficient (Wildman–Crippen LogP) is 4.85. The van der Waals surface area contributed by atoms with E-state index in [0.29, 0.717) is 16.7 Å². The van der Waals surface area contributed by atoms with E-state index in [2.05, 4.69) is 10.2 Å². The van der Waals surface area contributed by atoms with Crippen molar-refractivity contribution < 1.29 is 18.0 Å². The SMILES string of the molecule is CN1CCC(NC(=O)c2cccc(-c3ccc(Cl)c(C(F)(F)F)c3)c2)CC1. The molecule has 2 aromatic rings. The highest BCUT2D eigenvalue weighted by molar-refractivity contribution is 6.31. The number of nitrogens with one attached hydrogen (secondary N) is 1. The summed E-state index contributed by atoms with van der Waals surface area (Å²) >= 11 is 5.68. The molecule has 7 heteroatoms. The number of hydrogen-bond acceptors (Lipinski definition) is 2. The number of halogens is 4. The Balaban J connectivity index is 1.80. The van der Waals surface area contributed by atoms with Crippen molar-refractivity contribution in [2.45, 2.75) is 25.1 Å². The Morgan fingerprint density at radius 2 is 1.78 bits per heavy atom. The van der Waals surface area contributed by atoms with Gasteiger partial charge in [-0.05, 0) is 68.4 Å². The number of benzene rings is 2. The van der Waals surface area contributed by atoms with Crippen molar-refractivity contribution in [3.05, 3.63) is 58.6 Å². The van der Waals surface area contributed by atoms with Crippen molar-refractivity contribution in [3.8, 4) is 11.1 Å². The maximum atomic E-state index is 13.1. The van der Waals surface area contributed by atoms with Crippen LogP contribution in [0, 0.1) is 0 Å². The molecule has 1 fully saturated rings. The summed E-state index contributed by atoms with van der Waals surface area (Å²) < 4.78 is 39.3. The van der Waals surface area contributed by atoms with E-state index in [1.807, 2.05) is 7.05 Å². The van der Waals surface area contributed by atoms with Crippen molar-refractivity contribution in [2.24, 2.45) is 0 Å². The van der Waals surface area contributed by atoms with Gasteiger partial charge in [0.1, 0.15) is 0 Å². The molecular formula is C20H20ClF3N2O. The molecule has 3 nitrogen and oxygen atoms in total. The molecule has 2 aromatic carbocycles. The fraction of sp³-hybridized carbons (Fsp3) is 0.350. The molecule has 3 rings (SSSR count). The second-order valence-electron chi connectivity index (χ2n) is 6.82. The third-order valence-corrected chi connectivity index (χ3v) is 5.11. The lowest BCUT2D eigenvalue weighted by molar-refractivity contribution is -0.137. The molecule has 1 N–H and O–H groups in total. The largest absolute Gasteiger partial charge is 0.417 e. The quantitative estimate of drug-likeness (QED) is 0.804. The highest BCUT2D eigenvalue weighted by Crippen LogP contribution is 2.37. The van der Waals surface area contributed by atoms with Gasteiger partial charge in [0.05, 0.1) is 10.6 Å². The summed E-state index contributed by atoms with van der Waals surface area (Å²) in [6, 6.07) is 10.5. The summed E-state index contributed by atoms with van der Waals surface area (Å²) in [5, 5.41) is 2.67. The van der Waals surface area contributed by atoms with Crippen molar-refractivity contribution >= 4 is 17.5 Å². The maximum absolute atomic E-state index is 13.1. The topological polar surface area (TPSA) is 32.3 Å². The van der Waals surface area contributed by atoms with E-state index in [-0.39, 0.29) is 17.0 Å². The highest BCUT2D eigenvalue weighted by atomic mass is 35.5. The van der Waals surface area contributed by atoms with Crippen LogP contribution in [0.1, 0.15) is 28.8 Å². The van der Waals surface area contributed by atoms with Gasteiger partial charge in [-0.3, -0.25) is 4.79 Å². The average molecular weight is 397 g/mol. The Hall–Kier alpha value is -2.05. The minimum absolute atomic E-state index is 0.115. The maximum Gasteiger partial charge on any atom is 0.417 e. The van der Waals surface area contributed by atoms with Crippen molar-refractivity contribution in [2.75, 3.05) is 20.1 Å². The molecule has 0 atom stereocenters. The third-order valence-electron chi connectivity index (χ3n) is 4.78. The number of piperidine rings is 1. The Morgan fingerprint density at radius 3 is 2.44 bits per heavy atom. The van der Waals surface area contributed by atoms with Gasteiger partial charge in [0.15, 0.2) is 0 Å². The molecule has 0 aromatic heterocycles. The second-order valence-corrected chi connectivity index (χ2v) is 7.23. The van der Waals surface area contributed by atoms with E-state index in [1.54, 1.807) is 24.3 Å². The van der Waals surface area contributed by atoms with Crippen molar-refractivity contribution in [1.82, 2.24) is 10.2 Å². The van der Waals surface area contributed by atoms with Crippen LogP contribution in [0.15, 0.2) is 42.5 Å². The number of nitrogens with zero attached hydrogens (tertiary/aromatic N) is 1. The Morgan fingerprint density at radius 1 is 1.11 bits per heavy atom. The number of likely N-dealkylation sites (tertiary alicyclic amines) is 1. The van der Waals surface area contributed by atoms with Crippen LogP contribution in [0.2, 0.25) is 5.02 Å². The van der Waals surface area contributed by atoms with Crippen LogP contribution < -0.4 is 5.32 Å². The molecule has 1 aliphatic rings. The van der Waals surface area contributed by atoms with Gasteiger partial charge in [-0.2, -0.15) is 13.2 Å². The summed E-state index contributed by atoms with van der Waals surface area (Å²) in [7, 11) is 2.04. The first-order valence-corrected chi connectivity index (χ1v) is 9.08. The molecule has 0 aliphatic carbocycles. The number of alkyl halides is 3. The van der Waals surface area contributed by atoms with E-state index < -0.39 is 11.7 Å². The van der Waals surface area contributed by atoms with Gasteiger partial charge in [0.2, 0.25) is 0 Å². The van der Waals surface area contributed by atoms with Crippen LogP contribution in [-0.2, 0) is 6.18 Å². The van der Waals surface area contributed by atoms with Gasteiger partial charge in [0, 0.05) is 11.6 Å². The van der Waals surface area contributed by atoms with E-state index in [9.17, 15) is 18.0 Å². The average Bonchev–Trinajstić information content (AvgIpc) is 2.63. The molecule has 0 bridgehead atoms. The molecule has 144 valence electrons. The van der Waals surface area contributed by atoms with Gasteiger partial charge < -0.3 is 10.2 Å². The fourth-order valence-electron chi connectivity index (χ4n) is 3.18. The summed E-state index contributed by atoms with van der Waals surface area (Å²) in [5.41, 5.74) is 0.437. The van der Waals surface area contributed by atoms with Gasteiger partial charge in [-0.25, -0.2) is 0 Å². The van der Waals surface area contributed by atoms with Crippen molar-refractivity contribution in [1.29, 1.82) is 0 Å². The molecule has 0 radical (unpaired) electrons. The lowest BCUT2D eigenvalue weighted by atomic mass is 10.00. The van der Waals surface area contributed by atoms with Crippen LogP contribution in [-0.4, -0.2) is 37.0 Å². The minimum atomic E-state index is -4.53. The van der Waals surface area contributed by atoms with E-state index in [0.717, 1.165) is 32.0 Å². The lowest BCUT2D eigenvalue weighted by Gasteiger charge is -2.29. The first-order chi connectivity index (χ1) is 12.7. The fourth-order valence-corrected chi connectivity index (χ4v) is 3.41. The Labute approximate surface area is 161 Å². The van der Waals surface area contributed by atoms with Crippen LogP contribution in [0.3, 0.4) is 0 Å². The van der Waals surface area contributed by atoms with E-state index in [4.69, 9.17) is 11.6 Å². The zero-order valence-electron chi connectivity index (χ0n) is 14.8. The zero-order chi connectivity index (χ0) is 19.6. The summed E-state index contributed by atoms with van der Waals surface area (Å²) in [4.78, 5) is 14.7. The first kappa shape index (κ1) is 19.7. The summed E-state index contributed by atoms with van der Waals surface area (Å²) in [6.07, 6.45) is -2.77. The third kappa shape index (κ3) is 4.82. The number of carbonyl (C=O) groups is 1. The second kappa shape index (κ2) is 7.90. The highest BCUT2D eigenvalue weighted by Gasteiger charge is 2.33. The van der Waals surface area contributed by atoms with Gasteiger partial charge >= 0.3 is 6.18 Å². The molecule has 27 heavy (non-hydrogen) atoms. The molecule has 0 unspecified atom stereocenters. The van der Waals surface area contributed by atoms with Crippen LogP contribution >= 0.6 is 11.6 Å². The Bertz CT molecular complexity index is 830. The molecule has 1 aliphatic heterocycles. The van der Waals surface area contributed by atoms with Gasteiger partial charge in [-0.15, -0.1) is 0 Å². The van der Waals surface area contributed by atoms with Crippen LogP contribution in [0.5, 0.6) is 0 Å². The Kier molecular flexibility index (Phi) is 5.77. The molecule has 1 saturated heterocycles. The number of hydrogen-bond donors (Lipinski definition) is 1. The van der Waals surface area contributed by atoms with Crippen LogP contribution in [0.4, 0.5) is 13.2 Å². The smallest absolute Gasteiger partial charge is 0.349 e. The monoisotopic (exact) mass is 396 g/mol.